The van der Waals surface area contributed by atoms with Crippen LogP contribution < -0.4 is 5.32 Å². The second kappa shape index (κ2) is 11.1. The van der Waals surface area contributed by atoms with E-state index < -0.39 is 65.7 Å². The van der Waals surface area contributed by atoms with Gasteiger partial charge in [0.25, 0.3) is 5.92 Å². The Labute approximate surface area is 218 Å². The molecule has 14 heteroatoms. The smallest absolute Gasteiger partial charge is 0.364 e. The highest BCUT2D eigenvalue weighted by Gasteiger charge is 2.39. The Morgan fingerprint density at radius 2 is 1.69 bits per heavy atom. The number of alkyl halides is 5. The number of anilines is 1. The number of hydrogen-bond donors (Lipinski definition) is 1. The Kier molecular flexibility index (Phi) is 8.02. The van der Waals surface area contributed by atoms with E-state index in [0.29, 0.717) is 0 Å². The maximum Gasteiger partial charge on any atom is 0.451 e. The molecule has 208 valence electrons. The summed E-state index contributed by atoms with van der Waals surface area (Å²) in [6.07, 6.45) is -2.98. The molecule has 1 saturated heterocycles. The van der Waals surface area contributed by atoms with Crippen molar-refractivity contribution < 1.29 is 35.5 Å². The highest BCUT2D eigenvalue weighted by atomic mass is 19.4. The van der Waals surface area contributed by atoms with Crippen molar-refractivity contribution in [3.8, 4) is 0 Å². The van der Waals surface area contributed by atoms with Crippen molar-refractivity contribution >= 4 is 11.7 Å². The molecule has 0 saturated carbocycles. The third-order valence-electron chi connectivity index (χ3n) is 6.36. The molecule has 3 heterocycles. The van der Waals surface area contributed by atoms with Crippen molar-refractivity contribution in [2.24, 2.45) is 0 Å². The van der Waals surface area contributed by atoms with Crippen LogP contribution in [0.1, 0.15) is 47.2 Å². The SMILES string of the molecule is Cc1ncc(C(F)(F)CNc2ccnc(C(F)(F)F)n2)c(C2CCN(C(=O)Cc3c(F)cccc3F)CC2)n1. The van der Waals surface area contributed by atoms with Crippen LogP contribution in [0.25, 0.3) is 0 Å². The molecule has 1 aliphatic heterocycles. The summed E-state index contributed by atoms with van der Waals surface area (Å²) in [5, 5.41) is 2.22. The lowest BCUT2D eigenvalue weighted by Gasteiger charge is -2.33. The van der Waals surface area contributed by atoms with E-state index in [0.717, 1.165) is 30.6 Å². The number of likely N-dealkylation sites (tertiary alicyclic amines) is 1. The second-order valence-electron chi connectivity index (χ2n) is 9.07. The topological polar surface area (TPSA) is 83.9 Å². The van der Waals surface area contributed by atoms with Crippen LogP contribution in [0.5, 0.6) is 0 Å². The van der Waals surface area contributed by atoms with Gasteiger partial charge in [-0.05, 0) is 38.0 Å². The molecular formula is C25H23F7N6O. The Morgan fingerprint density at radius 3 is 2.33 bits per heavy atom. The molecule has 0 bridgehead atoms. The molecule has 1 fully saturated rings. The minimum Gasteiger partial charge on any atom is -0.364 e. The van der Waals surface area contributed by atoms with Crippen LogP contribution >= 0.6 is 0 Å². The second-order valence-corrected chi connectivity index (χ2v) is 9.07. The van der Waals surface area contributed by atoms with Gasteiger partial charge in [-0.1, -0.05) is 6.07 Å². The molecule has 1 N–H and O–H groups in total. The van der Waals surface area contributed by atoms with Crippen LogP contribution in [-0.4, -0.2) is 50.4 Å². The van der Waals surface area contributed by atoms with Crippen LogP contribution in [-0.2, 0) is 23.3 Å². The van der Waals surface area contributed by atoms with E-state index in [1.54, 1.807) is 0 Å². The first-order valence-corrected chi connectivity index (χ1v) is 11.9. The van der Waals surface area contributed by atoms with Gasteiger partial charge in [0, 0.05) is 37.0 Å². The Morgan fingerprint density at radius 1 is 1.03 bits per heavy atom. The molecule has 2 aromatic heterocycles. The molecule has 0 atom stereocenters. The predicted octanol–water partition coefficient (Wildman–Crippen LogP) is 5.02. The van der Waals surface area contributed by atoms with Gasteiger partial charge in [-0.15, -0.1) is 0 Å². The maximum absolute atomic E-state index is 15.3. The van der Waals surface area contributed by atoms with E-state index in [1.165, 1.54) is 17.9 Å². The van der Waals surface area contributed by atoms with Crippen LogP contribution in [0.15, 0.2) is 36.7 Å². The van der Waals surface area contributed by atoms with Gasteiger partial charge >= 0.3 is 6.18 Å². The molecule has 0 spiro atoms. The third-order valence-corrected chi connectivity index (χ3v) is 6.36. The third kappa shape index (κ3) is 6.60. The standard InChI is InChI=1S/C25H23F7N6O/c1-14-34-12-17(24(28,29)13-35-20-5-8-33-23(37-20)25(30,31)32)22(36-14)15-6-9-38(10-7-15)21(39)11-16-18(26)3-2-4-19(16)27/h2-5,8,12,15H,6-7,9-11,13H2,1H3,(H,33,35,37). The average Bonchev–Trinajstić information content (AvgIpc) is 2.89. The summed E-state index contributed by atoms with van der Waals surface area (Å²) in [4.78, 5) is 28.5. The van der Waals surface area contributed by atoms with E-state index in [-0.39, 0.29) is 43.0 Å². The first-order chi connectivity index (χ1) is 18.3. The Bertz CT molecular complexity index is 1320. The number of carbonyl (C=O) groups is 1. The minimum atomic E-state index is -4.84. The molecule has 39 heavy (non-hydrogen) atoms. The van der Waals surface area contributed by atoms with Crippen molar-refractivity contribution in [3.63, 3.8) is 0 Å². The summed E-state index contributed by atoms with van der Waals surface area (Å²) in [6.45, 7) is 0.775. The van der Waals surface area contributed by atoms with Gasteiger partial charge in [0.1, 0.15) is 23.3 Å². The number of halogens is 7. The molecule has 0 unspecified atom stereocenters. The molecule has 0 radical (unpaired) electrons. The number of piperidine rings is 1. The van der Waals surface area contributed by atoms with Crippen molar-refractivity contribution in [2.75, 3.05) is 25.0 Å². The lowest BCUT2D eigenvalue weighted by Crippen LogP contribution is -2.39. The summed E-state index contributed by atoms with van der Waals surface area (Å²) in [6, 6.07) is 4.36. The van der Waals surface area contributed by atoms with E-state index >= 15 is 8.78 Å². The minimum absolute atomic E-state index is 0.0696. The number of aromatic nitrogens is 4. The summed E-state index contributed by atoms with van der Waals surface area (Å²) in [5.74, 6) is -7.84. The van der Waals surface area contributed by atoms with E-state index in [1.807, 2.05) is 0 Å². The van der Waals surface area contributed by atoms with Gasteiger partial charge in [-0.2, -0.15) is 22.0 Å². The van der Waals surface area contributed by atoms with Gasteiger partial charge in [-0.25, -0.2) is 28.7 Å². The van der Waals surface area contributed by atoms with Crippen molar-refractivity contribution in [1.82, 2.24) is 24.8 Å². The summed E-state index contributed by atoms with van der Waals surface area (Å²) >= 11 is 0. The Balaban J connectivity index is 1.45. The molecule has 0 aliphatic carbocycles. The predicted molar refractivity (Wildman–Crippen MR) is 125 cm³/mol. The van der Waals surface area contributed by atoms with Crippen LogP contribution in [0, 0.1) is 18.6 Å². The molecule has 1 amide bonds. The van der Waals surface area contributed by atoms with Crippen LogP contribution in [0.3, 0.4) is 0 Å². The zero-order valence-electron chi connectivity index (χ0n) is 20.6. The monoisotopic (exact) mass is 556 g/mol. The lowest BCUT2D eigenvalue weighted by molar-refractivity contribution is -0.144. The van der Waals surface area contributed by atoms with Crippen molar-refractivity contribution in [3.05, 3.63) is 76.8 Å². The van der Waals surface area contributed by atoms with E-state index in [4.69, 9.17) is 0 Å². The first kappa shape index (κ1) is 28.2. The summed E-state index contributed by atoms with van der Waals surface area (Å²) in [7, 11) is 0. The van der Waals surface area contributed by atoms with Gasteiger partial charge in [0.05, 0.1) is 24.2 Å². The maximum atomic E-state index is 15.3. The normalized spacial score (nSPS) is 14.9. The fourth-order valence-electron chi connectivity index (χ4n) is 4.34. The molecule has 4 rings (SSSR count). The molecule has 3 aromatic rings. The highest BCUT2D eigenvalue weighted by Crippen LogP contribution is 2.37. The van der Waals surface area contributed by atoms with E-state index in [9.17, 15) is 26.7 Å². The number of aryl methyl sites for hydroxylation is 1. The number of nitrogens with one attached hydrogen (secondary N) is 1. The zero-order valence-corrected chi connectivity index (χ0v) is 20.6. The average molecular weight is 556 g/mol. The number of hydrogen-bond acceptors (Lipinski definition) is 6. The lowest BCUT2D eigenvalue weighted by atomic mass is 9.89. The number of amides is 1. The summed E-state index contributed by atoms with van der Waals surface area (Å²) in [5.41, 5.74) is -0.763. The molecular weight excluding hydrogens is 533 g/mol. The van der Waals surface area contributed by atoms with Crippen LogP contribution in [0.4, 0.5) is 36.6 Å². The largest absolute Gasteiger partial charge is 0.451 e. The first-order valence-electron chi connectivity index (χ1n) is 11.9. The Hall–Kier alpha value is -3.84. The van der Waals surface area contributed by atoms with Crippen molar-refractivity contribution in [1.29, 1.82) is 0 Å². The molecule has 7 nitrogen and oxygen atoms in total. The number of rotatable bonds is 7. The number of nitrogens with zero attached hydrogens (tertiary/aromatic N) is 5. The zero-order chi connectivity index (χ0) is 28.4. The van der Waals surface area contributed by atoms with Gasteiger partial charge in [-0.3, -0.25) is 4.79 Å². The highest BCUT2D eigenvalue weighted by molar-refractivity contribution is 5.79. The van der Waals surface area contributed by atoms with Gasteiger partial charge in [0.2, 0.25) is 11.7 Å². The van der Waals surface area contributed by atoms with Gasteiger partial charge < -0.3 is 10.2 Å². The quantitative estimate of drug-likeness (QED) is 0.412. The fourth-order valence-corrected chi connectivity index (χ4v) is 4.34. The molecule has 1 aliphatic rings. The van der Waals surface area contributed by atoms with Gasteiger partial charge in [0.15, 0.2) is 0 Å². The van der Waals surface area contributed by atoms with E-state index in [2.05, 4.69) is 25.3 Å². The summed E-state index contributed by atoms with van der Waals surface area (Å²) < 4.78 is 97.0. The van der Waals surface area contributed by atoms with Crippen molar-refractivity contribution in [2.45, 2.75) is 44.2 Å². The number of benzene rings is 1. The molecule has 1 aromatic carbocycles. The number of carbonyl (C=O) groups excluding carboxylic acids is 1. The fraction of sp³-hybridized carbons (Fsp3) is 0.400. The van der Waals surface area contributed by atoms with Crippen LogP contribution in [0.2, 0.25) is 0 Å².